The highest BCUT2D eigenvalue weighted by molar-refractivity contribution is 7.18. The molecule has 0 saturated carbocycles. The molecule has 3 rings (SSSR count). The smallest absolute Gasteiger partial charge is 0.416 e. The maximum Gasteiger partial charge on any atom is 0.416 e. The van der Waals surface area contributed by atoms with Gasteiger partial charge in [0.2, 0.25) is 5.91 Å². The minimum absolute atomic E-state index is 0.283. The Morgan fingerprint density at radius 2 is 1.96 bits per heavy atom. The van der Waals surface area contributed by atoms with Gasteiger partial charge in [0.05, 0.1) is 20.8 Å². The Labute approximate surface area is 157 Å². The first kappa shape index (κ1) is 18.9. The number of carbonyl (C=O) groups excluding carboxylic acids is 1. The summed E-state index contributed by atoms with van der Waals surface area (Å²) in [5.74, 6) is 0.498. The van der Waals surface area contributed by atoms with E-state index < -0.39 is 11.7 Å². The van der Waals surface area contributed by atoms with E-state index in [0.717, 1.165) is 27.4 Å². The van der Waals surface area contributed by atoms with E-state index in [4.69, 9.17) is 4.74 Å². The fraction of sp³-hybridized carbons (Fsp3) is 0.158. The van der Waals surface area contributed by atoms with Crippen molar-refractivity contribution < 1.29 is 22.7 Å². The molecule has 0 saturated heterocycles. The van der Waals surface area contributed by atoms with E-state index >= 15 is 0 Å². The number of nitrogens with one attached hydrogen (secondary N) is 1. The summed E-state index contributed by atoms with van der Waals surface area (Å²) in [6.45, 7) is 5.53. The van der Waals surface area contributed by atoms with Crippen molar-refractivity contribution in [2.24, 2.45) is 0 Å². The molecule has 27 heavy (non-hydrogen) atoms. The number of alkyl halides is 3. The molecule has 0 atom stereocenters. The van der Waals surface area contributed by atoms with Crippen LogP contribution in [-0.4, -0.2) is 10.9 Å². The summed E-state index contributed by atoms with van der Waals surface area (Å²) < 4.78 is 44.6. The molecule has 4 nitrogen and oxygen atoms in total. The number of aryl methyl sites for hydroxylation is 1. The second-order valence-corrected chi connectivity index (χ2v) is 6.88. The van der Waals surface area contributed by atoms with Crippen LogP contribution in [0, 0.1) is 6.92 Å². The highest BCUT2D eigenvalue weighted by Gasteiger charge is 2.30. The highest BCUT2D eigenvalue weighted by atomic mass is 32.1. The molecule has 3 aromatic rings. The van der Waals surface area contributed by atoms with Gasteiger partial charge < -0.3 is 10.1 Å². The molecule has 140 valence electrons. The first-order valence-corrected chi connectivity index (χ1v) is 8.74. The lowest BCUT2D eigenvalue weighted by atomic mass is 10.1. The van der Waals surface area contributed by atoms with Crippen molar-refractivity contribution >= 4 is 27.5 Å². The number of thiazole rings is 1. The number of benzene rings is 2. The monoisotopic (exact) mass is 392 g/mol. The van der Waals surface area contributed by atoms with Gasteiger partial charge in [-0.15, -0.1) is 11.3 Å². The fourth-order valence-electron chi connectivity index (χ4n) is 2.46. The van der Waals surface area contributed by atoms with E-state index in [0.29, 0.717) is 17.0 Å². The van der Waals surface area contributed by atoms with Crippen LogP contribution in [0.1, 0.15) is 16.1 Å². The molecule has 0 aliphatic carbocycles. The van der Waals surface area contributed by atoms with Gasteiger partial charge in [-0.1, -0.05) is 12.6 Å². The molecule has 1 amide bonds. The highest BCUT2D eigenvalue weighted by Crippen LogP contribution is 2.37. The third-order valence-corrected chi connectivity index (χ3v) is 4.73. The minimum atomic E-state index is -4.39. The molecule has 0 bridgehead atoms. The molecule has 0 unspecified atom stereocenters. The summed E-state index contributed by atoms with van der Waals surface area (Å²) in [5.41, 5.74) is 0.762. The van der Waals surface area contributed by atoms with Crippen LogP contribution in [0.5, 0.6) is 11.5 Å². The number of amides is 1. The SMILES string of the molecule is C=CC(=O)NCc1ccc(Oc2ccc(C(F)(F)F)cc2)c2sc(C)nc12. The zero-order chi connectivity index (χ0) is 19.6. The van der Waals surface area contributed by atoms with Crippen LogP contribution < -0.4 is 10.1 Å². The van der Waals surface area contributed by atoms with Crippen molar-refractivity contribution in [1.29, 1.82) is 0 Å². The lowest BCUT2D eigenvalue weighted by Crippen LogP contribution is -2.20. The van der Waals surface area contributed by atoms with Gasteiger partial charge in [0.25, 0.3) is 0 Å². The number of nitrogens with zero attached hydrogens (tertiary/aromatic N) is 1. The van der Waals surface area contributed by atoms with Gasteiger partial charge in [-0.3, -0.25) is 4.79 Å². The van der Waals surface area contributed by atoms with Crippen molar-refractivity contribution in [3.05, 3.63) is 65.2 Å². The Morgan fingerprint density at radius 3 is 2.59 bits per heavy atom. The first-order valence-electron chi connectivity index (χ1n) is 7.92. The van der Waals surface area contributed by atoms with Crippen molar-refractivity contribution in [3.8, 4) is 11.5 Å². The predicted octanol–water partition coefficient (Wildman–Crippen LogP) is 5.22. The zero-order valence-corrected chi connectivity index (χ0v) is 15.1. The average molecular weight is 392 g/mol. The molecular formula is C19H15F3N2O2S. The van der Waals surface area contributed by atoms with Crippen molar-refractivity contribution in [2.45, 2.75) is 19.6 Å². The standard InChI is InChI=1S/C19H15F3N2O2S/c1-3-16(25)23-10-12-4-9-15(18-17(12)24-11(2)27-18)26-14-7-5-13(6-8-14)19(20,21)22/h3-9H,1,10H2,2H3,(H,23,25). The fourth-order valence-corrected chi connectivity index (χ4v) is 3.38. The molecule has 0 aliphatic rings. The van der Waals surface area contributed by atoms with Gasteiger partial charge in [-0.05, 0) is 48.9 Å². The van der Waals surface area contributed by atoms with Gasteiger partial charge >= 0.3 is 6.18 Å². The molecule has 8 heteroatoms. The molecule has 0 aliphatic heterocycles. The minimum Gasteiger partial charge on any atom is -0.456 e. The van der Waals surface area contributed by atoms with Crippen molar-refractivity contribution in [2.75, 3.05) is 0 Å². The van der Waals surface area contributed by atoms with Crippen molar-refractivity contribution in [3.63, 3.8) is 0 Å². The maximum absolute atomic E-state index is 12.7. The largest absolute Gasteiger partial charge is 0.456 e. The van der Waals surface area contributed by atoms with Crippen LogP contribution >= 0.6 is 11.3 Å². The van der Waals surface area contributed by atoms with Crippen LogP contribution in [0.3, 0.4) is 0 Å². The Kier molecular flexibility index (Phi) is 5.18. The molecule has 0 fully saturated rings. The Hall–Kier alpha value is -2.87. The number of rotatable bonds is 5. The number of aromatic nitrogens is 1. The number of hydrogen-bond donors (Lipinski definition) is 1. The van der Waals surface area contributed by atoms with Gasteiger partial charge in [0.1, 0.15) is 11.5 Å². The van der Waals surface area contributed by atoms with Gasteiger partial charge in [0.15, 0.2) is 0 Å². The van der Waals surface area contributed by atoms with Crippen LogP contribution in [0.2, 0.25) is 0 Å². The topological polar surface area (TPSA) is 51.2 Å². The average Bonchev–Trinajstić information content (AvgIpc) is 3.02. The lowest BCUT2D eigenvalue weighted by Gasteiger charge is -2.11. The number of fused-ring (bicyclic) bond motifs is 1. The molecular weight excluding hydrogens is 377 g/mol. The Bertz CT molecular complexity index is 995. The van der Waals surface area contributed by atoms with Crippen LogP contribution in [0.4, 0.5) is 13.2 Å². The van der Waals surface area contributed by atoms with Gasteiger partial charge in [-0.25, -0.2) is 4.98 Å². The van der Waals surface area contributed by atoms with Crippen LogP contribution in [0.15, 0.2) is 49.1 Å². The molecule has 0 spiro atoms. The number of hydrogen-bond acceptors (Lipinski definition) is 4. The summed E-state index contributed by atoms with van der Waals surface area (Å²) >= 11 is 1.41. The summed E-state index contributed by atoms with van der Waals surface area (Å²) in [6.07, 6.45) is -3.20. The number of halogens is 3. The third-order valence-electron chi connectivity index (χ3n) is 3.75. The summed E-state index contributed by atoms with van der Waals surface area (Å²) in [5, 5.41) is 3.51. The van der Waals surface area contributed by atoms with Gasteiger partial charge in [-0.2, -0.15) is 13.2 Å². The first-order chi connectivity index (χ1) is 12.8. The Morgan fingerprint density at radius 1 is 1.26 bits per heavy atom. The summed E-state index contributed by atoms with van der Waals surface area (Å²) in [7, 11) is 0. The van der Waals surface area contributed by atoms with Gasteiger partial charge in [0, 0.05) is 6.54 Å². The van der Waals surface area contributed by atoms with E-state index in [1.165, 1.54) is 29.5 Å². The maximum atomic E-state index is 12.7. The number of ether oxygens (including phenoxy) is 1. The predicted molar refractivity (Wildman–Crippen MR) is 97.9 cm³/mol. The van der Waals surface area contributed by atoms with E-state index in [2.05, 4.69) is 16.9 Å². The summed E-state index contributed by atoms with van der Waals surface area (Å²) in [6, 6.07) is 7.99. The number of carbonyl (C=O) groups is 1. The normalized spacial score (nSPS) is 11.4. The molecule has 0 radical (unpaired) electrons. The van der Waals surface area contributed by atoms with E-state index in [-0.39, 0.29) is 12.5 Å². The zero-order valence-electron chi connectivity index (χ0n) is 14.3. The van der Waals surface area contributed by atoms with E-state index in [9.17, 15) is 18.0 Å². The quantitative estimate of drug-likeness (QED) is 0.606. The Balaban J connectivity index is 1.89. The summed E-state index contributed by atoms with van der Waals surface area (Å²) in [4.78, 5) is 15.9. The van der Waals surface area contributed by atoms with Crippen molar-refractivity contribution in [1.82, 2.24) is 10.3 Å². The second-order valence-electron chi connectivity index (χ2n) is 5.68. The lowest BCUT2D eigenvalue weighted by molar-refractivity contribution is -0.137. The molecule has 2 aromatic carbocycles. The second kappa shape index (κ2) is 7.40. The molecule has 1 heterocycles. The molecule has 1 aromatic heterocycles. The van der Waals surface area contributed by atoms with E-state index in [1.807, 2.05) is 6.92 Å². The third kappa shape index (κ3) is 4.28. The molecule has 1 N–H and O–H groups in total. The van der Waals surface area contributed by atoms with Crippen LogP contribution in [-0.2, 0) is 17.5 Å². The van der Waals surface area contributed by atoms with Crippen LogP contribution in [0.25, 0.3) is 10.2 Å². The van der Waals surface area contributed by atoms with E-state index in [1.54, 1.807) is 12.1 Å².